The first-order valence-corrected chi connectivity index (χ1v) is 11.2. The number of carboxylic acid groups (broad SMARTS) is 1. The van der Waals surface area contributed by atoms with Crippen molar-refractivity contribution in [2.45, 2.75) is 26.1 Å². The average Bonchev–Trinajstić information content (AvgIpc) is 2.85. The standard InChI is InChI=1S/C26H20F5N3O4/c1-12-15-4-3-13(24(35)32-10-17-20(29)8-14(27)9-21(17)30)7-22(15)34(26(38)33(12)2)11-18-19(28)6-5-16(23(18)31)25(36)37/h3-9,12H,10-11H2,1-2H3,(H,32,35)(H,36,37)/t12-/m0/s1. The van der Waals surface area contributed by atoms with Gasteiger partial charge in [0.1, 0.15) is 29.1 Å². The number of fused-ring (bicyclic) bond motifs is 1. The van der Waals surface area contributed by atoms with Gasteiger partial charge in [0.2, 0.25) is 0 Å². The lowest BCUT2D eigenvalue weighted by atomic mass is 9.98. The first-order valence-electron chi connectivity index (χ1n) is 11.2. The summed E-state index contributed by atoms with van der Waals surface area (Å²) in [6.07, 6.45) is 0. The molecule has 0 bridgehead atoms. The second kappa shape index (κ2) is 10.1. The normalized spacial score (nSPS) is 14.9. The first-order chi connectivity index (χ1) is 17.9. The molecule has 0 fully saturated rings. The fourth-order valence-corrected chi connectivity index (χ4v) is 4.17. The van der Waals surface area contributed by atoms with E-state index in [0.29, 0.717) is 17.7 Å². The highest BCUT2D eigenvalue weighted by Crippen LogP contribution is 2.38. The number of carbonyl (C=O) groups excluding carboxylic acids is 2. The summed E-state index contributed by atoms with van der Waals surface area (Å²) in [4.78, 5) is 39.5. The predicted octanol–water partition coefficient (Wildman–Crippen LogP) is 5.14. The molecule has 1 atom stereocenters. The van der Waals surface area contributed by atoms with Crippen LogP contribution in [0.15, 0.2) is 42.5 Å². The van der Waals surface area contributed by atoms with Crippen molar-refractivity contribution in [3.05, 3.63) is 99.4 Å². The number of aromatic carboxylic acids is 1. The fourth-order valence-electron chi connectivity index (χ4n) is 4.17. The molecule has 38 heavy (non-hydrogen) atoms. The van der Waals surface area contributed by atoms with Crippen molar-refractivity contribution < 1.29 is 41.4 Å². The van der Waals surface area contributed by atoms with Crippen LogP contribution >= 0.6 is 0 Å². The van der Waals surface area contributed by atoms with Gasteiger partial charge in [-0.2, -0.15) is 0 Å². The number of urea groups is 1. The molecular formula is C26H20F5N3O4. The number of carboxylic acids is 1. The molecule has 0 aliphatic carbocycles. The third-order valence-electron chi connectivity index (χ3n) is 6.41. The zero-order chi connectivity index (χ0) is 27.9. The Hall–Kier alpha value is -4.48. The van der Waals surface area contributed by atoms with Gasteiger partial charge in [-0.15, -0.1) is 0 Å². The summed E-state index contributed by atoms with van der Waals surface area (Å²) in [5.74, 6) is -8.31. The van der Waals surface area contributed by atoms with E-state index in [2.05, 4.69) is 5.32 Å². The molecule has 7 nitrogen and oxygen atoms in total. The number of hydrogen-bond donors (Lipinski definition) is 2. The molecule has 12 heteroatoms. The van der Waals surface area contributed by atoms with Crippen molar-refractivity contribution >= 4 is 23.6 Å². The summed E-state index contributed by atoms with van der Waals surface area (Å²) >= 11 is 0. The lowest BCUT2D eigenvalue weighted by Gasteiger charge is -2.39. The van der Waals surface area contributed by atoms with Crippen LogP contribution in [0, 0.1) is 29.1 Å². The predicted molar refractivity (Wildman–Crippen MR) is 125 cm³/mol. The lowest BCUT2D eigenvalue weighted by Crippen LogP contribution is -2.47. The number of nitrogens with one attached hydrogen (secondary N) is 1. The SMILES string of the molecule is C[C@H]1c2ccc(C(=O)NCc3c(F)cc(F)cc3F)cc2N(Cc2c(F)ccc(C(=O)O)c2F)C(=O)N1C. The van der Waals surface area contributed by atoms with Crippen LogP contribution in [0.4, 0.5) is 32.4 Å². The number of rotatable bonds is 6. The Labute approximate surface area is 213 Å². The maximum Gasteiger partial charge on any atom is 0.338 e. The highest BCUT2D eigenvalue weighted by molar-refractivity contribution is 6.00. The van der Waals surface area contributed by atoms with E-state index in [1.54, 1.807) is 6.92 Å². The summed E-state index contributed by atoms with van der Waals surface area (Å²) in [7, 11) is 1.47. The van der Waals surface area contributed by atoms with E-state index in [-0.39, 0.29) is 11.3 Å². The van der Waals surface area contributed by atoms with Crippen LogP contribution in [0.3, 0.4) is 0 Å². The van der Waals surface area contributed by atoms with E-state index < -0.39 is 82.8 Å². The third kappa shape index (κ3) is 4.76. The van der Waals surface area contributed by atoms with Gasteiger partial charge in [0.05, 0.1) is 23.8 Å². The molecule has 4 rings (SSSR count). The van der Waals surface area contributed by atoms with Crippen LogP contribution in [-0.2, 0) is 13.1 Å². The Morgan fingerprint density at radius 1 is 0.947 bits per heavy atom. The Balaban J connectivity index is 1.69. The van der Waals surface area contributed by atoms with Gasteiger partial charge in [-0.1, -0.05) is 6.07 Å². The minimum Gasteiger partial charge on any atom is -0.478 e. The number of amides is 3. The summed E-state index contributed by atoms with van der Waals surface area (Å²) in [5, 5.41) is 11.5. The minimum absolute atomic E-state index is 0.0403. The summed E-state index contributed by atoms with van der Waals surface area (Å²) in [6.45, 7) is 0.410. The Morgan fingerprint density at radius 3 is 2.24 bits per heavy atom. The molecular weight excluding hydrogens is 513 g/mol. The van der Waals surface area contributed by atoms with Gasteiger partial charge in [-0.25, -0.2) is 31.5 Å². The quantitative estimate of drug-likeness (QED) is 0.430. The van der Waals surface area contributed by atoms with Crippen LogP contribution < -0.4 is 10.2 Å². The molecule has 0 unspecified atom stereocenters. The first kappa shape index (κ1) is 26.6. The molecule has 1 heterocycles. The Morgan fingerprint density at radius 2 is 1.61 bits per heavy atom. The minimum atomic E-state index is -1.62. The van der Waals surface area contributed by atoms with E-state index in [1.165, 1.54) is 30.1 Å². The van der Waals surface area contributed by atoms with Crippen molar-refractivity contribution in [3.8, 4) is 0 Å². The second-order valence-electron chi connectivity index (χ2n) is 8.65. The molecule has 3 aromatic rings. The van der Waals surface area contributed by atoms with Crippen molar-refractivity contribution in [2.75, 3.05) is 11.9 Å². The van der Waals surface area contributed by atoms with Crippen LogP contribution in [0.2, 0.25) is 0 Å². The molecule has 0 saturated heterocycles. The van der Waals surface area contributed by atoms with Crippen molar-refractivity contribution in [1.82, 2.24) is 10.2 Å². The third-order valence-corrected chi connectivity index (χ3v) is 6.41. The van der Waals surface area contributed by atoms with Gasteiger partial charge in [-0.05, 0) is 36.8 Å². The molecule has 3 aromatic carbocycles. The van der Waals surface area contributed by atoms with Gasteiger partial charge in [0.15, 0.2) is 0 Å². The average molecular weight is 533 g/mol. The van der Waals surface area contributed by atoms with E-state index in [4.69, 9.17) is 0 Å². The van der Waals surface area contributed by atoms with Crippen LogP contribution in [0.5, 0.6) is 0 Å². The maximum atomic E-state index is 14.9. The van der Waals surface area contributed by atoms with E-state index in [1.807, 2.05) is 0 Å². The highest BCUT2D eigenvalue weighted by Gasteiger charge is 2.35. The zero-order valence-electron chi connectivity index (χ0n) is 20.0. The molecule has 0 radical (unpaired) electrons. The smallest absolute Gasteiger partial charge is 0.338 e. The van der Waals surface area contributed by atoms with Crippen molar-refractivity contribution in [3.63, 3.8) is 0 Å². The largest absolute Gasteiger partial charge is 0.478 e. The summed E-state index contributed by atoms with van der Waals surface area (Å²) in [6, 6.07) is 5.53. The number of halogens is 5. The fraction of sp³-hybridized carbons (Fsp3) is 0.192. The Bertz CT molecular complexity index is 1460. The van der Waals surface area contributed by atoms with Gasteiger partial charge in [0.25, 0.3) is 5.91 Å². The zero-order valence-corrected chi connectivity index (χ0v) is 20.0. The summed E-state index contributed by atoms with van der Waals surface area (Å²) < 4.78 is 70.4. The monoisotopic (exact) mass is 533 g/mol. The number of nitrogens with zero attached hydrogens (tertiary/aromatic N) is 2. The number of hydrogen-bond acceptors (Lipinski definition) is 3. The van der Waals surface area contributed by atoms with E-state index in [9.17, 15) is 41.4 Å². The highest BCUT2D eigenvalue weighted by atomic mass is 19.2. The van der Waals surface area contributed by atoms with Crippen molar-refractivity contribution in [2.24, 2.45) is 0 Å². The molecule has 0 aromatic heterocycles. The lowest BCUT2D eigenvalue weighted by molar-refractivity contribution is 0.0691. The topological polar surface area (TPSA) is 90.0 Å². The van der Waals surface area contributed by atoms with Gasteiger partial charge in [0, 0.05) is 42.4 Å². The van der Waals surface area contributed by atoms with Crippen LogP contribution in [0.1, 0.15) is 50.4 Å². The number of benzene rings is 3. The molecule has 198 valence electrons. The molecule has 1 aliphatic rings. The number of anilines is 1. The van der Waals surface area contributed by atoms with E-state index >= 15 is 0 Å². The molecule has 1 aliphatic heterocycles. The molecule has 2 N–H and O–H groups in total. The van der Waals surface area contributed by atoms with Gasteiger partial charge in [-0.3, -0.25) is 9.69 Å². The molecule has 0 spiro atoms. The second-order valence-corrected chi connectivity index (χ2v) is 8.65. The number of carbonyl (C=O) groups is 3. The molecule has 3 amide bonds. The van der Waals surface area contributed by atoms with Crippen LogP contribution in [0.25, 0.3) is 0 Å². The summed E-state index contributed by atoms with van der Waals surface area (Å²) in [5.41, 5.74) is -1.39. The molecule has 0 saturated carbocycles. The van der Waals surface area contributed by atoms with Gasteiger partial charge >= 0.3 is 12.0 Å². The van der Waals surface area contributed by atoms with Gasteiger partial charge < -0.3 is 15.3 Å². The van der Waals surface area contributed by atoms with Crippen molar-refractivity contribution in [1.29, 1.82) is 0 Å². The maximum absolute atomic E-state index is 14.9. The van der Waals surface area contributed by atoms with Crippen LogP contribution in [-0.4, -0.2) is 35.0 Å². The van der Waals surface area contributed by atoms with E-state index in [0.717, 1.165) is 17.0 Å². The Kier molecular flexibility index (Phi) is 7.07.